The third kappa shape index (κ3) is 4.87. The Balaban J connectivity index is 1.78. The zero-order chi connectivity index (χ0) is 27.1. The molecular weight excluding hydrogens is 520 g/mol. The third-order valence-corrected chi connectivity index (χ3v) is 6.41. The number of aromatic nitrogens is 3. The van der Waals surface area contributed by atoms with Crippen LogP contribution in [0.3, 0.4) is 0 Å². The van der Waals surface area contributed by atoms with Gasteiger partial charge < -0.3 is 14.8 Å². The van der Waals surface area contributed by atoms with Crippen LogP contribution in [0.2, 0.25) is 0 Å². The number of fused-ring (bicyclic) bond motifs is 1. The Kier molecular flexibility index (Phi) is 6.69. The van der Waals surface area contributed by atoms with E-state index in [2.05, 4.69) is 20.1 Å². The Morgan fingerprint density at radius 3 is 2.27 bits per heavy atom. The number of anilines is 1. The zero-order valence-electron chi connectivity index (χ0n) is 19.3. The van der Waals surface area contributed by atoms with E-state index in [1.807, 2.05) is 0 Å². The van der Waals surface area contributed by atoms with Crippen LogP contribution >= 0.6 is 11.3 Å². The standard InChI is InChI=1S/C23H16F4N4O5S/c1-10-17(21(33)35-2)20(37-18(10)22(34)36-3)29-19(32)14-9-16-28-13(11-4-6-12(24)7-5-11)8-15(23(25,26)27)31(16)30-14/h4-9H,1-3H3,(H,29,32). The number of amides is 1. The van der Waals surface area contributed by atoms with Crippen molar-refractivity contribution in [2.24, 2.45) is 0 Å². The minimum atomic E-state index is -4.87. The average molecular weight is 536 g/mol. The van der Waals surface area contributed by atoms with Crippen molar-refractivity contribution in [3.05, 3.63) is 69.6 Å². The number of hydrogen-bond acceptors (Lipinski definition) is 8. The summed E-state index contributed by atoms with van der Waals surface area (Å²) in [4.78, 5) is 41.5. The largest absolute Gasteiger partial charge is 0.465 e. The summed E-state index contributed by atoms with van der Waals surface area (Å²) >= 11 is 0.733. The van der Waals surface area contributed by atoms with Crippen molar-refractivity contribution in [2.45, 2.75) is 13.1 Å². The highest BCUT2D eigenvalue weighted by atomic mass is 32.1. The second-order valence-electron chi connectivity index (χ2n) is 7.53. The number of halogens is 4. The van der Waals surface area contributed by atoms with Gasteiger partial charge in [-0.25, -0.2) is 23.5 Å². The van der Waals surface area contributed by atoms with Crippen molar-refractivity contribution in [1.29, 1.82) is 0 Å². The molecule has 1 amide bonds. The number of carbonyl (C=O) groups is 3. The fourth-order valence-electron chi connectivity index (χ4n) is 3.46. The van der Waals surface area contributed by atoms with Crippen LogP contribution in [0.5, 0.6) is 0 Å². The van der Waals surface area contributed by atoms with Gasteiger partial charge in [-0.1, -0.05) is 0 Å². The summed E-state index contributed by atoms with van der Waals surface area (Å²) in [5.41, 5.74) is -1.78. The number of thiophene rings is 1. The monoisotopic (exact) mass is 536 g/mol. The van der Waals surface area contributed by atoms with E-state index in [0.29, 0.717) is 4.52 Å². The van der Waals surface area contributed by atoms with Crippen LogP contribution in [0.15, 0.2) is 36.4 Å². The number of alkyl halides is 3. The third-order valence-electron chi connectivity index (χ3n) is 5.22. The molecule has 14 heteroatoms. The van der Waals surface area contributed by atoms with Crippen LogP contribution in [-0.2, 0) is 15.7 Å². The van der Waals surface area contributed by atoms with Gasteiger partial charge in [0, 0.05) is 11.6 Å². The summed E-state index contributed by atoms with van der Waals surface area (Å²) in [6.07, 6.45) is -4.87. The van der Waals surface area contributed by atoms with Gasteiger partial charge in [0.05, 0.1) is 25.5 Å². The predicted molar refractivity (Wildman–Crippen MR) is 123 cm³/mol. The average Bonchev–Trinajstić information content (AvgIpc) is 3.43. The van der Waals surface area contributed by atoms with Gasteiger partial charge in [-0.15, -0.1) is 11.3 Å². The number of esters is 2. The second-order valence-corrected chi connectivity index (χ2v) is 8.55. The van der Waals surface area contributed by atoms with Crippen LogP contribution in [0.4, 0.5) is 22.6 Å². The van der Waals surface area contributed by atoms with E-state index in [9.17, 15) is 31.9 Å². The lowest BCUT2D eigenvalue weighted by atomic mass is 10.1. The van der Waals surface area contributed by atoms with Gasteiger partial charge in [0.2, 0.25) is 0 Å². The molecule has 0 aliphatic heterocycles. The molecule has 9 nitrogen and oxygen atoms in total. The molecule has 0 aliphatic carbocycles. The zero-order valence-corrected chi connectivity index (χ0v) is 20.1. The van der Waals surface area contributed by atoms with Crippen molar-refractivity contribution < 1.29 is 41.4 Å². The summed E-state index contributed by atoms with van der Waals surface area (Å²) in [6.45, 7) is 1.45. The summed E-state index contributed by atoms with van der Waals surface area (Å²) in [6, 6.07) is 6.45. The maximum atomic E-state index is 13.8. The van der Waals surface area contributed by atoms with Crippen molar-refractivity contribution in [3.63, 3.8) is 0 Å². The molecule has 0 bridgehead atoms. The SMILES string of the molecule is COC(=O)c1sc(NC(=O)c2cc3nc(-c4ccc(F)cc4)cc(C(F)(F)F)n3n2)c(C(=O)OC)c1C. The Morgan fingerprint density at radius 1 is 1.03 bits per heavy atom. The van der Waals surface area contributed by atoms with E-state index in [-0.39, 0.29) is 37.9 Å². The first kappa shape index (κ1) is 25.8. The number of nitrogens with one attached hydrogen (secondary N) is 1. The number of nitrogens with zero attached hydrogens (tertiary/aromatic N) is 3. The van der Waals surface area contributed by atoms with Gasteiger partial charge in [-0.2, -0.15) is 18.3 Å². The van der Waals surface area contributed by atoms with E-state index >= 15 is 0 Å². The van der Waals surface area contributed by atoms with Crippen molar-refractivity contribution in [2.75, 3.05) is 19.5 Å². The second kappa shape index (κ2) is 9.61. The van der Waals surface area contributed by atoms with Gasteiger partial charge in [0.15, 0.2) is 17.0 Å². The first-order valence-corrected chi connectivity index (χ1v) is 11.1. The minimum Gasteiger partial charge on any atom is -0.465 e. The number of ether oxygens (including phenoxy) is 2. The Morgan fingerprint density at radius 2 is 1.68 bits per heavy atom. The first-order chi connectivity index (χ1) is 17.4. The van der Waals surface area contributed by atoms with Crippen LogP contribution < -0.4 is 5.32 Å². The molecule has 0 aliphatic rings. The van der Waals surface area contributed by atoms with E-state index < -0.39 is 41.2 Å². The fourth-order valence-corrected chi connectivity index (χ4v) is 4.57. The Hall–Kier alpha value is -4.33. The van der Waals surface area contributed by atoms with E-state index in [1.54, 1.807) is 0 Å². The minimum absolute atomic E-state index is 0.0261. The summed E-state index contributed by atoms with van der Waals surface area (Å²) < 4.78 is 64.6. The molecule has 0 unspecified atom stereocenters. The number of hydrogen-bond donors (Lipinski definition) is 1. The lowest BCUT2D eigenvalue weighted by Crippen LogP contribution is -2.16. The normalized spacial score (nSPS) is 11.4. The van der Waals surface area contributed by atoms with Gasteiger partial charge in [-0.05, 0) is 42.8 Å². The molecule has 1 N–H and O–H groups in total. The van der Waals surface area contributed by atoms with E-state index in [1.165, 1.54) is 19.1 Å². The maximum absolute atomic E-state index is 13.8. The molecule has 0 spiro atoms. The number of carbonyl (C=O) groups excluding carboxylic acids is 3. The Bertz CT molecular complexity index is 1540. The topological polar surface area (TPSA) is 112 Å². The highest BCUT2D eigenvalue weighted by Gasteiger charge is 2.36. The molecule has 4 aromatic rings. The molecule has 4 rings (SSSR count). The smallest absolute Gasteiger partial charge is 0.433 e. The molecule has 3 heterocycles. The molecule has 1 aromatic carbocycles. The highest BCUT2D eigenvalue weighted by molar-refractivity contribution is 7.18. The van der Waals surface area contributed by atoms with E-state index in [0.717, 1.165) is 49.8 Å². The molecule has 0 radical (unpaired) electrons. The van der Waals surface area contributed by atoms with Crippen molar-refractivity contribution in [3.8, 4) is 11.3 Å². The number of methoxy groups -OCH3 is 2. The molecule has 0 atom stereocenters. The van der Waals surface area contributed by atoms with Crippen molar-refractivity contribution >= 4 is 39.8 Å². The lowest BCUT2D eigenvalue weighted by molar-refractivity contribution is -0.142. The summed E-state index contributed by atoms with van der Waals surface area (Å²) in [5, 5.41) is 6.08. The summed E-state index contributed by atoms with van der Waals surface area (Å²) in [7, 11) is 2.24. The maximum Gasteiger partial charge on any atom is 0.433 e. The van der Waals surface area contributed by atoms with E-state index in [4.69, 9.17) is 4.74 Å². The molecule has 0 fully saturated rings. The van der Waals surface area contributed by atoms with Gasteiger partial charge in [-0.3, -0.25) is 4.79 Å². The summed E-state index contributed by atoms with van der Waals surface area (Å²) in [5.74, 6) is -3.15. The Labute approximate surface area is 209 Å². The van der Waals surface area contributed by atoms with Crippen LogP contribution in [0, 0.1) is 12.7 Å². The lowest BCUT2D eigenvalue weighted by Gasteiger charge is -2.11. The van der Waals surface area contributed by atoms with Gasteiger partial charge in [0.25, 0.3) is 5.91 Å². The molecule has 37 heavy (non-hydrogen) atoms. The predicted octanol–water partition coefficient (Wildman–Crippen LogP) is 4.75. The molecule has 3 aromatic heterocycles. The molecule has 192 valence electrons. The quantitative estimate of drug-likeness (QED) is 0.289. The van der Waals surface area contributed by atoms with Gasteiger partial charge >= 0.3 is 18.1 Å². The van der Waals surface area contributed by atoms with Crippen LogP contribution in [0.25, 0.3) is 16.9 Å². The highest BCUT2D eigenvalue weighted by Crippen LogP contribution is 2.35. The molecular formula is C23H16F4N4O5S. The molecule has 0 saturated heterocycles. The number of rotatable bonds is 5. The number of benzene rings is 1. The van der Waals surface area contributed by atoms with Crippen LogP contribution in [0.1, 0.15) is 41.8 Å². The fraction of sp³-hybridized carbons (Fsp3) is 0.174. The molecule has 0 saturated carbocycles. The van der Waals surface area contributed by atoms with Crippen molar-refractivity contribution in [1.82, 2.24) is 14.6 Å². The van der Waals surface area contributed by atoms with Crippen LogP contribution in [-0.4, -0.2) is 46.7 Å². The van der Waals surface area contributed by atoms with Gasteiger partial charge in [0.1, 0.15) is 15.7 Å². The first-order valence-electron chi connectivity index (χ1n) is 10.3.